The molecule has 0 bridgehead atoms. The lowest BCUT2D eigenvalue weighted by atomic mass is 9.97. The van der Waals surface area contributed by atoms with Crippen LogP contribution in [0.15, 0.2) is 18.2 Å². The van der Waals surface area contributed by atoms with Crippen LogP contribution < -0.4 is 4.74 Å². The van der Waals surface area contributed by atoms with Gasteiger partial charge in [0.05, 0.1) is 12.9 Å². The summed E-state index contributed by atoms with van der Waals surface area (Å²) in [5.74, 6) is 2.83. The molecular formula is C12H13ClO2S. The summed E-state index contributed by atoms with van der Waals surface area (Å²) >= 11 is 7.65. The Morgan fingerprint density at radius 3 is 3.00 bits per heavy atom. The van der Waals surface area contributed by atoms with E-state index >= 15 is 0 Å². The molecule has 0 spiro atoms. The number of methoxy groups -OCH3 is 1. The molecule has 1 aliphatic rings. The molecule has 0 amide bonds. The molecule has 1 heterocycles. The van der Waals surface area contributed by atoms with E-state index in [1.54, 1.807) is 24.9 Å². The van der Waals surface area contributed by atoms with Gasteiger partial charge in [0.15, 0.2) is 0 Å². The highest BCUT2D eigenvalue weighted by molar-refractivity contribution is 8.00. The van der Waals surface area contributed by atoms with Gasteiger partial charge in [-0.3, -0.25) is 4.79 Å². The Hall–Kier alpha value is -0.670. The summed E-state index contributed by atoms with van der Waals surface area (Å²) in [7, 11) is 1.64. The Kier molecular flexibility index (Phi) is 3.77. The lowest BCUT2D eigenvalue weighted by Gasteiger charge is -2.11. The molecule has 1 aliphatic heterocycles. The molecule has 1 aromatic rings. The fourth-order valence-corrected chi connectivity index (χ4v) is 3.20. The minimum absolute atomic E-state index is 0.123. The van der Waals surface area contributed by atoms with Gasteiger partial charge in [-0.2, -0.15) is 11.8 Å². The molecule has 0 radical (unpaired) electrons. The number of benzene rings is 1. The third kappa shape index (κ3) is 2.53. The molecule has 1 fully saturated rings. The van der Waals surface area contributed by atoms with Gasteiger partial charge in [0.2, 0.25) is 0 Å². The molecule has 1 unspecified atom stereocenters. The fourth-order valence-electron chi connectivity index (χ4n) is 1.86. The number of carbonyl (C=O) groups excluding carboxylic acids is 1. The Balaban J connectivity index is 2.19. The van der Waals surface area contributed by atoms with Gasteiger partial charge in [-0.15, -0.1) is 0 Å². The fraction of sp³-hybridized carbons (Fsp3) is 0.417. The zero-order chi connectivity index (χ0) is 11.5. The lowest BCUT2D eigenvalue weighted by molar-refractivity contribution is -0.119. The van der Waals surface area contributed by atoms with Gasteiger partial charge in [-0.25, -0.2) is 0 Å². The van der Waals surface area contributed by atoms with Crippen LogP contribution in [0.1, 0.15) is 5.56 Å². The summed E-state index contributed by atoms with van der Waals surface area (Å²) in [6.45, 7) is 0. The van der Waals surface area contributed by atoms with Crippen molar-refractivity contribution in [3.05, 3.63) is 28.8 Å². The first kappa shape index (κ1) is 11.8. The molecule has 0 saturated carbocycles. The first-order valence-electron chi connectivity index (χ1n) is 5.13. The van der Waals surface area contributed by atoms with Gasteiger partial charge < -0.3 is 4.74 Å². The maximum atomic E-state index is 11.6. The van der Waals surface area contributed by atoms with E-state index in [1.807, 2.05) is 12.1 Å². The molecule has 1 aromatic carbocycles. The van der Waals surface area contributed by atoms with Crippen molar-refractivity contribution in [2.45, 2.75) is 6.42 Å². The second kappa shape index (κ2) is 5.11. The maximum Gasteiger partial charge on any atom is 0.146 e. The number of hydrogen-bond acceptors (Lipinski definition) is 3. The van der Waals surface area contributed by atoms with Crippen molar-refractivity contribution in [2.75, 3.05) is 18.6 Å². The molecule has 0 N–H and O–H groups in total. The molecule has 16 heavy (non-hydrogen) atoms. The Morgan fingerprint density at radius 2 is 2.38 bits per heavy atom. The van der Waals surface area contributed by atoms with Gasteiger partial charge in [0.25, 0.3) is 0 Å². The molecule has 2 nitrogen and oxygen atoms in total. The summed E-state index contributed by atoms with van der Waals surface area (Å²) in [5.41, 5.74) is 1.02. The van der Waals surface area contributed by atoms with Crippen molar-refractivity contribution in [2.24, 2.45) is 5.92 Å². The average Bonchev–Trinajstić information content (AvgIpc) is 2.65. The van der Waals surface area contributed by atoms with E-state index in [1.165, 1.54) is 0 Å². The van der Waals surface area contributed by atoms with Crippen LogP contribution in [-0.2, 0) is 11.2 Å². The van der Waals surface area contributed by atoms with Crippen molar-refractivity contribution in [3.8, 4) is 5.75 Å². The third-order valence-electron chi connectivity index (χ3n) is 2.73. The van der Waals surface area contributed by atoms with E-state index in [2.05, 4.69) is 0 Å². The second-order valence-electron chi connectivity index (χ2n) is 3.84. The number of halogens is 1. The van der Waals surface area contributed by atoms with Crippen LogP contribution in [0.3, 0.4) is 0 Å². The summed E-state index contributed by atoms with van der Waals surface area (Å²) < 4.78 is 5.27. The lowest BCUT2D eigenvalue weighted by Crippen LogP contribution is -2.14. The second-order valence-corrected chi connectivity index (χ2v) is 5.31. The van der Waals surface area contributed by atoms with Crippen molar-refractivity contribution >= 4 is 29.1 Å². The van der Waals surface area contributed by atoms with E-state index in [4.69, 9.17) is 16.3 Å². The zero-order valence-corrected chi connectivity index (χ0v) is 10.6. The molecule has 1 atom stereocenters. The molecule has 2 rings (SSSR count). The standard InChI is InChI=1S/C12H13ClO2S/c1-15-12-3-2-10(13)5-8(12)4-9-6-16-7-11(9)14/h2-3,5,9H,4,6-7H2,1H3. The maximum absolute atomic E-state index is 11.6. The number of hydrogen-bond donors (Lipinski definition) is 0. The number of carbonyl (C=O) groups is 1. The van der Waals surface area contributed by atoms with E-state index in [0.717, 1.165) is 23.5 Å². The van der Waals surface area contributed by atoms with E-state index in [-0.39, 0.29) is 5.92 Å². The Morgan fingerprint density at radius 1 is 1.56 bits per heavy atom. The minimum atomic E-state index is 0.123. The Labute approximate surface area is 104 Å². The first-order chi connectivity index (χ1) is 7.70. The van der Waals surface area contributed by atoms with E-state index in [9.17, 15) is 4.79 Å². The van der Waals surface area contributed by atoms with Crippen LogP contribution in [0.2, 0.25) is 5.02 Å². The smallest absolute Gasteiger partial charge is 0.146 e. The SMILES string of the molecule is COc1ccc(Cl)cc1CC1CSCC1=O. The van der Waals surface area contributed by atoms with Gasteiger partial charge in [0.1, 0.15) is 11.5 Å². The largest absolute Gasteiger partial charge is 0.496 e. The van der Waals surface area contributed by atoms with Gasteiger partial charge in [-0.1, -0.05) is 11.6 Å². The highest BCUT2D eigenvalue weighted by atomic mass is 35.5. The van der Waals surface area contributed by atoms with Crippen molar-refractivity contribution in [3.63, 3.8) is 0 Å². The van der Waals surface area contributed by atoms with E-state index < -0.39 is 0 Å². The van der Waals surface area contributed by atoms with Crippen molar-refractivity contribution < 1.29 is 9.53 Å². The normalized spacial score (nSPS) is 20.1. The topological polar surface area (TPSA) is 26.3 Å². The average molecular weight is 257 g/mol. The van der Waals surface area contributed by atoms with Crippen molar-refractivity contribution in [1.29, 1.82) is 0 Å². The molecular weight excluding hydrogens is 244 g/mol. The van der Waals surface area contributed by atoms with E-state index in [0.29, 0.717) is 16.6 Å². The van der Waals surface area contributed by atoms with Gasteiger partial charge in [-0.05, 0) is 30.2 Å². The monoisotopic (exact) mass is 256 g/mol. The number of rotatable bonds is 3. The van der Waals surface area contributed by atoms with Crippen LogP contribution in [0.4, 0.5) is 0 Å². The van der Waals surface area contributed by atoms with Crippen LogP contribution in [0, 0.1) is 5.92 Å². The first-order valence-corrected chi connectivity index (χ1v) is 6.67. The molecule has 86 valence electrons. The van der Waals surface area contributed by atoms with Crippen molar-refractivity contribution in [1.82, 2.24) is 0 Å². The number of ketones is 1. The molecule has 0 aliphatic carbocycles. The number of ether oxygens (including phenoxy) is 1. The quantitative estimate of drug-likeness (QED) is 0.832. The summed E-state index contributed by atoms with van der Waals surface area (Å²) in [6, 6.07) is 5.54. The van der Waals surface area contributed by atoms with Gasteiger partial charge in [0, 0.05) is 16.7 Å². The van der Waals surface area contributed by atoms with Crippen LogP contribution in [0.25, 0.3) is 0 Å². The number of thioether (sulfide) groups is 1. The zero-order valence-electron chi connectivity index (χ0n) is 9.03. The van der Waals surface area contributed by atoms with Gasteiger partial charge >= 0.3 is 0 Å². The van der Waals surface area contributed by atoms with Crippen LogP contribution in [0.5, 0.6) is 5.75 Å². The molecule has 1 saturated heterocycles. The minimum Gasteiger partial charge on any atom is -0.496 e. The highest BCUT2D eigenvalue weighted by Crippen LogP contribution is 2.29. The van der Waals surface area contributed by atoms with Crippen LogP contribution >= 0.6 is 23.4 Å². The highest BCUT2D eigenvalue weighted by Gasteiger charge is 2.26. The molecule has 0 aromatic heterocycles. The predicted molar refractivity (Wildman–Crippen MR) is 67.5 cm³/mol. The molecule has 4 heteroatoms. The predicted octanol–water partition coefficient (Wildman–Crippen LogP) is 2.82. The third-order valence-corrected chi connectivity index (χ3v) is 4.09. The summed E-state index contributed by atoms with van der Waals surface area (Å²) in [5, 5.41) is 0.689. The summed E-state index contributed by atoms with van der Waals surface area (Å²) in [6.07, 6.45) is 0.732. The summed E-state index contributed by atoms with van der Waals surface area (Å²) in [4.78, 5) is 11.6. The number of Topliss-reactive ketones (excluding diaryl/α,β-unsaturated/α-hetero) is 1. The Bertz CT molecular complexity index is 406. The van der Waals surface area contributed by atoms with Crippen LogP contribution in [-0.4, -0.2) is 24.4 Å².